The Kier molecular flexibility index (Phi) is 4.64. The van der Waals surface area contributed by atoms with Crippen LogP contribution in [0, 0.1) is 23.2 Å². The quantitative estimate of drug-likeness (QED) is 0.809. The summed E-state index contributed by atoms with van der Waals surface area (Å²) >= 11 is 0. The van der Waals surface area contributed by atoms with Crippen molar-refractivity contribution in [3.8, 4) is 0 Å². The van der Waals surface area contributed by atoms with Gasteiger partial charge in [-0.1, -0.05) is 5.57 Å². The van der Waals surface area contributed by atoms with Gasteiger partial charge in [0.15, 0.2) is 0 Å². The third kappa shape index (κ3) is 3.44. The molecule has 0 spiro atoms. The van der Waals surface area contributed by atoms with Gasteiger partial charge in [0.05, 0.1) is 0 Å². The summed E-state index contributed by atoms with van der Waals surface area (Å²) in [6, 6.07) is 2.01. The van der Waals surface area contributed by atoms with E-state index in [2.05, 4.69) is 27.1 Å². The van der Waals surface area contributed by atoms with E-state index in [1.165, 1.54) is 44.1 Å². The Morgan fingerprint density at radius 1 is 1.14 bits per heavy atom. The lowest BCUT2D eigenvalue weighted by Crippen LogP contribution is -2.48. The zero-order chi connectivity index (χ0) is 19.1. The summed E-state index contributed by atoms with van der Waals surface area (Å²) in [5.74, 6) is 3.59. The molecule has 0 aromatic carbocycles. The van der Waals surface area contributed by atoms with Crippen LogP contribution in [0.2, 0.25) is 0 Å². The van der Waals surface area contributed by atoms with Gasteiger partial charge >= 0.3 is 0 Å². The van der Waals surface area contributed by atoms with Crippen LogP contribution in [-0.2, 0) is 4.79 Å². The molecule has 0 unspecified atom stereocenters. The van der Waals surface area contributed by atoms with E-state index in [0.29, 0.717) is 5.41 Å². The van der Waals surface area contributed by atoms with Crippen molar-refractivity contribution in [2.45, 2.75) is 64.3 Å². The normalized spacial score (nSPS) is 37.2. The number of aromatic nitrogens is 2. The Morgan fingerprint density at radius 2 is 1.79 bits per heavy atom. The smallest absolute Gasteiger partial charge is 0.244 e. The lowest BCUT2D eigenvalue weighted by Gasteiger charge is -2.57. The van der Waals surface area contributed by atoms with Gasteiger partial charge in [0.25, 0.3) is 0 Å². The zero-order valence-corrected chi connectivity index (χ0v) is 16.9. The first-order valence-corrected chi connectivity index (χ1v) is 11.1. The van der Waals surface area contributed by atoms with Crippen LogP contribution in [0.5, 0.6) is 0 Å². The molecule has 1 atom stereocenters. The topological polar surface area (TPSA) is 58.1 Å². The molecule has 1 aromatic heterocycles. The van der Waals surface area contributed by atoms with Crippen LogP contribution in [0.4, 0.5) is 5.95 Å². The highest BCUT2D eigenvalue weighted by Gasteiger charge is 2.51. The van der Waals surface area contributed by atoms with Crippen LogP contribution in [0.1, 0.15) is 58.3 Å². The molecule has 1 aromatic rings. The third-order valence-corrected chi connectivity index (χ3v) is 7.83. The SMILES string of the molecule is C/C(=C/C(=O)N[C@@H]1CCCN(c2ncccn2)C1)C12CC3CC(CC(C3)C1)C2. The Bertz CT molecular complexity index is 724. The number of amides is 1. The number of carbonyl (C=O) groups is 1. The van der Waals surface area contributed by atoms with Gasteiger partial charge in [-0.3, -0.25) is 4.79 Å². The molecule has 1 amide bonds. The molecule has 4 aliphatic carbocycles. The number of rotatable bonds is 4. The minimum Gasteiger partial charge on any atom is -0.348 e. The van der Waals surface area contributed by atoms with Gasteiger partial charge in [0, 0.05) is 37.6 Å². The lowest BCUT2D eigenvalue weighted by atomic mass is 9.48. The molecular formula is C23H32N4O. The number of allylic oxidation sites excluding steroid dienone is 1. The van der Waals surface area contributed by atoms with Gasteiger partial charge in [0.1, 0.15) is 0 Å². The molecule has 5 nitrogen and oxygen atoms in total. The van der Waals surface area contributed by atoms with Gasteiger partial charge in [-0.2, -0.15) is 0 Å². The molecule has 5 heteroatoms. The summed E-state index contributed by atoms with van der Waals surface area (Å²) in [4.78, 5) is 23.7. The third-order valence-electron chi connectivity index (χ3n) is 7.83. The molecular weight excluding hydrogens is 348 g/mol. The number of anilines is 1. The van der Waals surface area contributed by atoms with Crippen LogP contribution < -0.4 is 10.2 Å². The van der Waals surface area contributed by atoms with E-state index >= 15 is 0 Å². The first-order chi connectivity index (χ1) is 13.6. The van der Waals surface area contributed by atoms with E-state index in [9.17, 15) is 4.79 Å². The number of piperidine rings is 1. The fourth-order valence-corrected chi connectivity index (χ4v) is 6.92. The Morgan fingerprint density at radius 3 is 2.43 bits per heavy atom. The Hall–Kier alpha value is -1.91. The van der Waals surface area contributed by atoms with Crippen molar-refractivity contribution in [3.63, 3.8) is 0 Å². The number of nitrogens with one attached hydrogen (secondary N) is 1. The van der Waals surface area contributed by atoms with Gasteiger partial charge in [-0.05, 0) is 87.5 Å². The van der Waals surface area contributed by atoms with Gasteiger partial charge in [-0.15, -0.1) is 0 Å². The number of carbonyl (C=O) groups excluding carboxylic acids is 1. The van der Waals surface area contributed by atoms with Crippen molar-refractivity contribution >= 4 is 11.9 Å². The molecule has 5 aliphatic rings. The molecule has 28 heavy (non-hydrogen) atoms. The largest absolute Gasteiger partial charge is 0.348 e. The van der Waals surface area contributed by atoms with E-state index in [4.69, 9.17) is 0 Å². The van der Waals surface area contributed by atoms with Gasteiger partial charge in [-0.25, -0.2) is 9.97 Å². The molecule has 0 radical (unpaired) electrons. The molecule has 6 rings (SSSR count). The average molecular weight is 381 g/mol. The second-order valence-electron chi connectivity index (χ2n) is 9.87. The molecule has 5 fully saturated rings. The summed E-state index contributed by atoms with van der Waals surface area (Å²) in [7, 11) is 0. The van der Waals surface area contributed by atoms with E-state index < -0.39 is 0 Å². The van der Waals surface area contributed by atoms with Crippen LogP contribution in [0.15, 0.2) is 30.1 Å². The predicted molar refractivity (Wildman–Crippen MR) is 110 cm³/mol. The summed E-state index contributed by atoms with van der Waals surface area (Å²) in [5, 5.41) is 3.27. The molecule has 1 saturated heterocycles. The number of hydrogen-bond acceptors (Lipinski definition) is 4. The molecule has 1 aliphatic heterocycles. The van der Waals surface area contributed by atoms with Gasteiger partial charge in [0.2, 0.25) is 11.9 Å². The van der Waals surface area contributed by atoms with Crippen molar-refractivity contribution in [1.29, 1.82) is 0 Å². The second-order valence-corrected chi connectivity index (χ2v) is 9.87. The molecule has 4 saturated carbocycles. The fraction of sp³-hybridized carbons (Fsp3) is 0.696. The lowest BCUT2D eigenvalue weighted by molar-refractivity contribution is -0.117. The summed E-state index contributed by atoms with van der Waals surface area (Å²) in [5.41, 5.74) is 1.66. The highest BCUT2D eigenvalue weighted by Crippen LogP contribution is 2.62. The maximum atomic E-state index is 12.8. The second kappa shape index (κ2) is 7.16. The van der Waals surface area contributed by atoms with Crippen molar-refractivity contribution in [1.82, 2.24) is 15.3 Å². The monoisotopic (exact) mass is 380 g/mol. The van der Waals surface area contributed by atoms with Gasteiger partial charge < -0.3 is 10.2 Å². The van der Waals surface area contributed by atoms with Crippen LogP contribution in [-0.4, -0.2) is 35.0 Å². The maximum absolute atomic E-state index is 12.8. The fourth-order valence-electron chi connectivity index (χ4n) is 6.92. The molecule has 2 heterocycles. The summed E-state index contributed by atoms with van der Waals surface area (Å²) in [6.07, 6.45) is 15.9. The van der Waals surface area contributed by atoms with E-state index in [1.54, 1.807) is 12.4 Å². The average Bonchev–Trinajstić information content (AvgIpc) is 2.68. The minimum atomic E-state index is 0.0917. The van der Waals surface area contributed by atoms with Crippen LogP contribution in [0.25, 0.3) is 0 Å². The Balaban J connectivity index is 1.23. The van der Waals surface area contributed by atoms with E-state index in [1.807, 2.05) is 12.1 Å². The standard InChI is InChI=1S/C23H32N4O/c1-16(23-12-17-9-18(13-23)11-19(10-17)14-23)8-21(28)26-20-4-2-7-27(15-20)22-24-5-3-6-25-22/h3,5-6,8,17-20H,2,4,7,9-15H2,1H3,(H,26,28)/b16-8-/t17?,18?,19?,20-,23?/m1/s1. The molecule has 150 valence electrons. The number of hydrogen-bond donors (Lipinski definition) is 1. The maximum Gasteiger partial charge on any atom is 0.244 e. The van der Waals surface area contributed by atoms with Crippen molar-refractivity contribution in [3.05, 3.63) is 30.1 Å². The van der Waals surface area contributed by atoms with Crippen LogP contribution >= 0.6 is 0 Å². The predicted octanol–water partition coefficient (Wildman–Crippen LogP) is 3.72. The van der Waals surface area contributed by atoms with Crippen molar-refractivity contribution in [2.24, 2.45) is 23.2 Å². The minimum absolute atomic E-state index is 0.0917. The zero-order valence-electron chi connectivity index (χ0n) is 16.9. The summed E-state index contributed by atoms with van der Waals surface area (Å²) < 4.78 is 0. The van der Waals surface area contributed by atoms with Crippen molar-refractivity contribution < 1.29 is 4.79 Å². The first-order valence-electron chi connectivity index (χ1n) is 11.1. The number of nitrogens with zero attached hydrogens (tertiary/aromatic N) is 3. The summed E-state index contributed by atoms with van der Waals surface area (Å²) in [6.45, 7) is 3.97. The molecule has 1 N–H and O–H groups in total. The highest BCUT2D eigenvalue weighted by molar-refractivity contribution is 5.88. The Labute approximate surface area is 168 Å². The first kappa shape index (κ1) is 18.1. The van der Waals surface area contributed by atoms with Crippen molar-refractivity contribution in [2.75, 3.05) is 18.0 Å². The highest BCUT2D eigenvalue weighted by atomic mass is 16.1. The van der Waals surface area contributed by atoms with Crippen LogP contribution in [0.3, 0.4) is 0 Å². The van der Waals surface area contributed by atoms with E-state index in [-0.39, 0.29) is 11.9 Å². The molecule has 4 bridgehead atoms. The van der Waals surface area contributed by atoms with E-state index in [0.717, 1.165) is 49.6 Å².